The molecule has 1 saturated heterocycles. The summed E-state index contributed by atoms with van der Waals surface area (Å²) in [5, 5.41) is 13.0. The summed E-state index contributed by atoms with van der Waals surface area (Å²) in [6.45, 7) is 2.59. The summed E-state index contributed by atoms with van der Waals surface area (Å²) in [7, 11) is 0. The molecule has 1 unspecified atom stereocenters. The molecule has 0 saturated carbocycles. The van der Waals surface area contributed by atoms with Crippen molar-refractivity contribution in [2.45, 2.75) is 45.1 Å². The van der Waals surface area contributed by atoms with Crippen LogP contribution in [-0.2, 0) is 4.79 Å². The Hall–Kier alpha value is -2.70. The Morgan fingerprint density at radius 1 is 1.32 bits per heavy atom. The maximum atomic E-state index is 13.0. The molecule has 1 aliphatic heterocycles. The van der Waals surface area contributed by atoms with Crippen molar-refractivity contribution in [1.29, 1.82) is 0 Å². The SMILES string of the molecule is Cc1cc(-n2cncn2)ccc1C(=O)N1CCCCC1CCC(=O)O. The van der Waals surface area contributed by atoms with Gasteiger partial charge in [0, 0.05) is 24.6 Å². The summed E-state index contributed by atoms with van der Waals surface area (Å²) in [4.78, 5) is 29.7. The number of rotatable bonds is 5. The van der Waals surface area contributed by atoms with E-state index in [2.05, 4.69) is 10.1 Å². The fourth-order valence-electron chi connectivity index (χ4n) is 3.38. The van der Waals surface area contributed by atoms with Gasteiger partial charge in [-0.1, -0.05) is 0 Å². The van der Waals surface area contributed by atoms with E-state index in [9.17, 15) is 9.59 Å². The van der Waals surface area contributed by atoms with Crippen molar-refractivity contribution in [2.75, 3.05) is 6.54 Å². The van der Waals surface area contributed by atoms with Crippen LogP contribution in [-0.4, -0.2) is 49.2 Å². The van der Waals surface area contributed by atoms with Crippen LogP contribution in [0, 0.1) is 6.92 Å². The standard InChI is InChI=1S/C18H22N4O3/c1-13-10-15(22-12-19-11-20-22)5-7-16(13)18(25)21-9-3-2-4-14(21)6-8-17(23)24/h5,7,10-12,14H,2-4,6,8-9H2,1H3,(H,23,24). The van der Waals surface area contributed by atoms with Gasteiger partial charge in [-0.15, -0.1) is 0 Å². The number of likely N-dealkylation sites (tertiary alicyclic amines) is 1. The van der Waals surface area contributed by atoms with Crippen molar-refractivity contribution in [3.05, 3.63) is 42.0 Å². The quantitative estimate of drug-likeness (QED) is 0.901. The van der Waals surface area contributed by atoms with Crippen molar-refractivity contribution in [1.82, 2.24) is 19.7 Å². The Morgan fingerprint density at radius 3 is 2.84 bits per heavy atom. The number of carboxylic acid groups (broad SMARTS) is 1. The zero-order valence-corrected chi connectivity index (χ0v) is 14.3. The normalized spacial score (nSPS) is 17.5. The first-order chi connectivity index (χ1) is 12.1. The molecule has 1 aromatic heterocycles. The van der Waals surface area contributed by atoms with Gasteiger partial charge >= 0.3 is 5.97 Å². The van der Waals surface area contributed by atoms with Crippen molar-refractivity contribution in [3.63, 3.8) is 0 Å². The van der Waals surface area contributed by atoms with E-state index in [1.54, 1.807) is 11.0 Å². The summed E-state index contributed by atoms with van der Waals surface area (Å²) in [6.07, 6.45) is 6.56. The van der Waals surface area contributed by atoms with Gasteiger partial charge in [-0.25, -0.2) is 9.67 Å². The van der Waals surface area contributed by atoms with Crippen LogP contribution < -0.4 is 0 Å². The van der Waals surface area contributed by atoms with E-state index in [0.29, 0.717) is 18.5 Å². The van der Waals surface area contributed by atoms with E-state index < -0.39 is 5.97 Å². The summed E-state index contributed by atoms with van der Waals surface area (Å²) in [5.74, 6) is -0.830. The van der Waals surface area contributed by atoms with Gasteiger partial charge in [0.1, 0.15) is 12.7 Å². The number of hydrogen-bond donors (Lipinski definition) is 1. The molecule has 0 spiro atoms. The van der Waals surface area contributed by atoms with Crippen LogP contribution in [0.2, 0.25) is 0 Å². The van der Waals surface area contributed by atoms with Gasteiger partial charge in [-0.05, 0) is 56.4 Å². The third kappa shape index (κ3) is 3.87. The molecule has 7 nitrogen and oxygen atoms in total. The lowest BCUT2D eigenvalue weighted by Crippen LogP contribution is -2.44. The lowest BCUT2D eigenvalue weighted by atomic mass is 9.96. The molecule has 2 aromatic rings. The fraction of sp³-hybridized carbons (Fsp3) is 0.444. The van der Waals surface area contributed by atoms with Crippen molar-refractivity contribution in [2.24, 2.45) is 0 Å². The van der Waals surface area contributed by atoms with Crippen LogP contribution in [0.25, 0.3) is 5.69 Å². The highest BCUT2D eigenvalue weighted by molar-refractivity contribution is 5.96. The minimum atomic E-state index is -0.814. The van der Waals surface area contributed by atoms with Crippen LogP contribution in [0.5, 0.6) is 0 Å². The highest BCUT2D eigenvalue weighted by Crippen LogP contribution is 2.25. The topological polar surface area (TPSA) is 88.3 Å². The van der Waals surface area contributed by atoms with E-state index in [4.69, 9.17) is 5.11 Å². The van der Waals surface area contributed by atoms with E-state index in [1.165, 1.54) is 6.33 Å². The lowest BCUT2D eigenvalue weighted by molar-refractivity contribution is -0.137. The molecular weight excluding hydrogens is 320 g/mol. The number of carboxylic acids is 1. The average Bonchev–Trinajstić information content (AvgIpc) is 3.14. The maximum absolute atomic E-state index is 13.0. The van der Waals surface area contributed by atoms with Gasteiger partial charge in [0.15, 0.2) is 0 Å². The molecule has 0 aliphatic carbocycles. The summed E-state index contributed by atoms with van der Waals surface area (Å²) >= 11 is 0. The molecule has 1 aliphatic rings. The summed E-state index contributed by atoms with van der Waals surface area (Å²) in [6, 6.07) is 5.59. The predicted molar refractivity (Wildman–Crippen MR) is 91.6 cm³/mol. The Labute approximate surface area is 146 Å². The first-order valence-corrected chi connectivity index (χ1v) is 8.54. The van der Waals surface area contributed by atoms with Gasteiger partial charge in [0.25, 0.3) is 5.91 Å². The van der Waals surface area contributed by atoms with Crippen LogP contribution in [0.4, 0.5) is 0 Å². The average molecular weight is 342 g/mol. The van der Waals surface area contributed by atoms with Crippen LogP contribution in [0.15, 0.2) is 30.9 Å². The van der Waals surface area contributed by atoms with Crippen molar-refractivity contribution < 1.29 is 14.7 Å². The van der Waals surface area contributed by atoms with Gasteiger partial charge in [0.2, 0.25) is 0 Å². The second-order valence-electron chi connectivity index (χ2n) is 6.42. The first kappa shape index (κ1) is 17.1. The van der Waals surface area contributed by atoms with E-state index >= 15 is 0 Å². The second kappa shape index (κ2) is 7.46. The number of benzene rings is 1. The van der Waals surface area contributed by atoms with E-state index in [0.717, 1.165) is 30.5 Å². The minimum absolute atomic E-state index is 0.00624. The number of piperidine rings is 1. The number of hydrogen-bond acceptors (Lipinski definition) is 4. The third-order valence-corrected chi connectivity index (χ3v) is 4.70. The molecule has 0 bridgehead atoms. The lowest BCUT2D eigenvalue weighted by Gasteiger charge is -2.36. The molecule has 1 N–H and O–H groups in total. The molecule has 1 fully saturated rings. The van der Waals surface area contributed by atoms with Crippen LogP contribution in [0.3, 0.4) is 0 Å². The number of aliphatic carboxylic acids is 1. The van der Waals surface area contributed by atoms with Gasteiger partial charge in [-0.3, -0.25) is 9.59 Å². The summed E-state index contributed by atoms with van der Waals surface area (Å²) in [5.41, 5.74) is 2.39. The zero-order valence-electron chi connectivity index (χ0n) is 14.3. The fourth-order valence-corrected chi connectivity index (χ4v) is 3.38. The minimum Gasteiger partial charge on any atom is -0.481 e. The highest BCUT2D eigenvalue weighted by atomic mass is 16.4. The molecule has 7 heteroatoms. The third-order valence-electron chi connectivity index (χ3n) is 4.70. The Kier molecular flexibility index (Phi) is 5.11. The van der Waals surface area contributed by atoms with Gasteiger partial charge in [0.05, 0.1) is 5.69 Å². The first-order valence-electron chi connectivity index (χ1n) is 8.54. The molecule has 1 aromatic carbocycles. The molecule has 2 heterocycles. The van der Waals surface area contributed by atoms with Crippen molar-refractivity contribution in [3.8, 4) is 5.69 Å². The smallest absolute Gasteiger partial charge is 0.303 e. The van der Waals surface area contributed by atoms with Gasteiger partial charge in [-0.2, -0.15) is 5.10 Å². The van der Waals surface area contributed by atoms with Crippen LogP contribution in [0.1, 0.15) is 48.0 Å². The monoisotopic (exact) mass is 342 g/mol. The van der Waals surface area contributed by atoms with E-state index in [1.807, 2.05) is 30.0 Å². The molecule has 1 amide bonds. The predicted octanol–water partition coefficient (Wildman–Crippen LogP) is 2.44. The molecule has 0 radical (unpaired) electrons. The Bertz CT molecular complexity index is 758. The molecule has 132 valence electrons. The zero-order chi connectivity index (χ0) is 17.8. The second-order valence-corrected chi connectivity index (χ2v) is 6.42. The Balaban J connectivity index is 1.79. The number of aryl methyl sites for hydroxylation is 1. The number of amides is 1. The van der Waals surface area contributed by atoms with Crippen LogP contribution >= 0.6 is 0 Å². The number of carbonyl (C=O) groups excluding carboxylic acids is 1. The largest absolute Gasteiger partial charge is 0.481 e. The number of aromatic nitrogens is 3. The maximum Gasteiger partial charge on any atom is 0.303 e. The summed E-state index contributed by atoms with van der Waals surface area (Å²) < 4.78 is 1.65. The molecule has 25 heavy (non-hydrogen) atoms. The Morgan fingerprint density at radius 2 is 2.16 bits per heavy atom. The number of nitrogens with zero attached hydrogens (tertiary/aromatic N) is 4. The number of carbonyl (C=O) groups is 2. The molecular formula is C18H22N4O3. The van der Waals surface area contributed by atoms with Gasteiger partial charge < -0.3 is 10.0 Å². The van der Waals surface area contributed by atoms with Crippen molar-refractivity contribution >= 4 is 11.9 Å². The highest BCUT2D eigenvalue weighted by Gasteiger charge is 2.28. The van der Waals surface area contributed by atoms with E-state index in [-0.39, 0.29) is 18.4 Å². The molecule has 3 rings (SSSR count). The molecule has 1 atom stereocenters.